The molecule has 0 amide bonds. The lowest BCUT2D eigenvalue weighted by atomic mass is 9.85. The lowest BCUT2D eigenvalue weighted by Crippen LogP contribution is -2.39. The van der Waals surface area contributed by atoms with Crippen LogP contribution in [0.1, 0.15) is 32.3 Å². The molecule has 1 fully saturated rings. The molecule has 0 aromatic heterocycles. The number of carbonyl (C=O) groups is 2. The SMILES string of the molecule is C=C1CC(C(=O)OCC)(C(=O)OCC)C/C1=C\c1ccc(OC)cc1. The summed E-state index contributed by atoms with van der Waals surface area (Å²) < 4.78 is 15.4. The molecule has 25 heavy (non-hydrogen) atoms. The summed E-state index contributed by atoms with van der Waals surface area (Å²) in [4.78, 5) is 25.0. The van der Waals surface area contributed by atoms with Gasteiger partial charge in [-0.1, -0.05) is 30.4 Å². The summed E-state index contributed by atoms with van der Waals surface area (Å²) in [6.45, 7) is 7.90. The fraction of sp³-hybridized carbons (Fsp3) is 0.400. The van der Waals surface area contributed by atoms with E-state index in [9.17, 15) is 9.59 Å². The molecule has 0 N–H and O–H groups in total. The van der Waals surface area contributed by atoms with Crippen LogP contribution >= 0.6 is 0 Å². The molecule has 0 bridgehead atoms. The van der Waals surface area contributed by atoms with Crippen LogP contribution < -0.4 is 4.74 Å². The van der Waals surface area contributed by atoms with Gasteiger partial charge in [-0.05, 0) is 50.0 Å². The van der Waals surface area contributed by atoms with E-state index in [4.69, 9.17) is 14.2 Å². The third-order valence-electron chi connectivity index (χ3n) is 4.25. The van der Waals surface area contributed by atoms with Crippen molar-refractivity contribution in [1.82, 2.24) is 0 Å². The zero-order valence-corrected chi connectivity index (χ0v) is 15.0. The Morgan fingerprint density at radius 1 is 1.08 bits per heavy atom. The van der Waals surface area contributed by atoms with Gasteiger partial charge in [0, 0.05) is 0 Å². The molecule has 1 aromatic carbocycles. The molecule has 0 atom stereocenters. The predicted molar refractivity (Wildman–Crippen MR) is 95.0 cm³/mol. The van der Waals surface area contributed by atoms with Crippen LogP contribution in [0, 0.1) is 5.41 Å². The Morgan fingerprint density at radius 3 is 2.12 bits per heavy atom. The van der Waals surface area contributed by atoms with E-state index in [1.54, 1.807) is 21.0 Å². The smallest absolute Gasteiger partial charge is 0.324 e. The summed E-state index contributed by atoms with van der Waals surface area (Å²) in [5.74, 6) is -0.333. The van der Waals surface area contributed by atoms with Crippen molar-refractivity contribution in [2.45, 2.75) is 26.7 Å². The quantitative estimate of drug-likeness (QED) is 0.583. The number of esters is 2. The lowest BCUT2D eigenvalue weighted by molar-refractivity contribution is -0.171. The minimum absolute atomic E-state index is 0.212. The molecule has 0 spiro atoms. The van der Waals surface area contributed by atoms with Crippen LogP contribution in [-0.2, 0) is 19.1 Å². The fourth-order valence-corrected chi connectivity index (χ4v) is 2.96. The molecule has 2 rings (SSSR count). The van der Waals surface area contributed by atoms with Crippen LogP contribution in [-0.4, -0.2) is 32.3 Å². The summed E-state index contributed by atoms with van der Waals surface area (Å²) in [6.07, 6.45) is 2.38. The van der Waals surface area contributed by atoms with Gasteiger partial charge < -0.3 is 14.2 Å². The summed E-state index contributed by atoms with van der Waals surface area (Å²) in [7, 11) is 1.61. The van der Waals surface area contributed by atoms with Gasteiger partial charge in [0.05, 0.1) is 20.3 Å². The third kappa shape index (κ3) is 3.92. The Kier molecular flexibility index (Phi) is 6.02. The lowest BCUT2D eigenvalue weighted by Gasteiger charge is -2.23. The van der Waals surface area contributed by atoms with Gasteiger partial charge in [0.1, 0.15) is 5.75 Å². The number of benzene rings is 1. The van der Waals surface area contributed by atoms with Crippen molar-refractivity contribution in [3.05, 3.63) is 47.6 Å². The molecule has 0 aliphatic heterocycles. The maximum Gasteiger partial charge on any atom is 0.324 e. The predicted octanol–water partition coefficient (Wildman–Crippen LogP) is 3.54. The molecular weight excluding hydrogens is 320 g/mol. The highest BCUT2D eigenvalue weighted by molar-refractivity contribution is 6.02. The standard InChI is InChI=1S/C20H24O5/c1-5-24-18(21)20(19(22)25-6-2)12-14(3)16(13-20)11-15-7-9-17(23-4)10-8-15/h7-11H,3,5-6,12-13H2,1-2,4H3/b16-11+. The minimum Gasteiger partial charge on any atom is -0.497 e. The van der Waals surface area contributed by atoms with Crippen molar-refractivity contribution in [3.63, 3.8) is 0 Å². The van der Waals surface area contributed by atoms with Crippen LogP contribution in [0.25, 0.3) is 6.08 Å². The van der Waals surface area contributed by atoms with Gasteiger partial charge in [0.2, 0.25) is 0 Å². The topological polar surface area (TPSA) is 61.8 Å². The average Bonchev–Trinajstić information content (AvgIpc) is 2.94. The first kappa shape index (κ1) is 18.8. The zero-order valence-electron chi connectivity index (χ0n) is 15.0. The van der Waals surface area contributed by atoms with E-state index in [1.807, 2.05) is 30.3 Å². The molecule has 0 unspecified atom stereocenters. The maximum absolute atomic E-state index is 12.5. The second-order valence-electron chi connectivity index (χ2n) is 5.92. The Balaban J connectivity index is 2.33. The molecule has 1 saturated carbocycles. The van der Waals surface area contributed by atoms with Crippen molar-refractivity contribution in [2.75, 3.05) is 20.3 Å². The Bertz CT molecular complexity index is 667. The van der Waals surface area contributed by atoms with E-state index in [0.717, 1.165) is 22.5 Å². The maximum atomic E-state index is 12.5. The van der Waals surface area contributed by atoms with Crippen molar-refractivity contribution < 1.29 is 23.8 Å². The van der Waals surface area contributed by atoms with E-state index in [-0.39, 0.29) is 26.1 Å². The summed E-state index contributed by atoms with van der Waals surface area (Å²) >= 11 is 0. The molecule has 0 heterocycles. The van der Waals surface area contributed by atoms with Crippen molar-refractivity contribution >= 4 is 18.0 Å². The highest BCUT2D eigenvalue weighted by Crippen LogP contribution is 2.47. The van der Waals surface area contributed by atoms with Crippen LogP contribution in [0.15, 0.2) is 42.0 Å². The second-order valence-corrected chi connectivity index (χ2v) is 5.92. The van der Waals surface area contributed by atoms with Crippen LogP contribution in [0.3, 0.4) is 0 Å². The molecule has 0 radical (unpaired) electrons. The molecule has 134 valence electrons. The van der Waals surface area contributed by atoms with Gasteiger partial charge in [-0.25, -0.2) is 0 Å². The van der Waals surface area contributed by atoms with Crippen molar-refractivity contribution in [1.29, 1.82) is 0 Å². The van der Waals surface area contributed by atoms with E-state index in [0.29, 0.717) is 0 Å². The van der Waals surface area contributed by atoms with Crippen LogP contribution in [0.5, 0.6) is 5.75 Å². The number of hydrogen-bond acceptors (Lipinski definition) is 5. The third-order valence-corrected chi connectivity index (χ3v) is 4.25. The first-order valence-electron chi connectivity index (χ1n) is 8.34. The summed E-state index contributed by atoms with van der Waals surface area (Å²) in [5.41, 5.74) is 1.21. The van der Waals surface area contributed by atoms with Gasteiger partial charge in [0.25, 0.3) is 0 Å². The number of methoxy groups -OCH3 is 1. The number of allylic oxidation sites excluding steroid dienone is 2. The number of carbonyl (C=O) groups excluding carboxylic acids is 2. The van der Waals surface area contributed by atoms with E-state index in [1.165, 1.54) is 0 Å². The van der Waals surface area contributed by atoms with E-state index in [2.05, 4.69) is 6.58 Å². The highest BCUT2D eigenvalue weighted by atomic mass is 16.6. The first-order chi connectivity index (χ1) is 12.0. The van der Waals surface area contributed by atoms with Crippen molar-refractivity contribution in [2.24, 2.45) is 5.41 Å². The molecule has 1 aliphatic rings. The number of ether oxygens (including phenoxy) is 3. The van der Waals surface area contributed by atoms with Gasteiger partial charge in [-0.2, -0.15) is 0 Å². The molecule has 1 aromatic rings. The minimum atomic E-state index is -1.33. The van der Waals surface area contributed by atoms with Crippen LogP contribution in [0.4, 0.5) is 0 Å². The fourth-order valence-electron chi connectivity index (χ4n) is 2.96. The highest BCUT2D eigenvalue weighted by Gasteiger charge is 2.53. The molecular formula is C20H24O5. The molecule has 0 saturated heterocycles. The summed E-state index contributed by atoms with van der Waals surface area (Å²) in [5, 5.41) is 0. The number of rotatable bonds is 6. The van der Waals surface area contributed by atoms with Gasteiger partial charge >= 0.3 is 11.9 Å². The normalized spacial score (nSPS) is 17.4. The summed E-state index contributed by atoms with van der Waals surface area (Å²) in [6, 6.07) is 7.53. The monoisotopic (exact) mass is 344 g/mol. The molecule has 1 aliphatic carbocycles. The van der Waals surface area contributed by atoms with E-state index >= 15 is 0 Å². The zero-order chi connectivity index (χ0) is 18.4. The van der Waals surface area contributed by atoms with Gasteiger partial charge in [0.15, 0.2) is 5.41 Å². The van der Waals surface area contributed by atoms with Gasteiger partial charge in [-0.15, -0.1) is 0 Å². The Labute approximate surface area is 148 Å². The molecule has 5 nitrogen and oxygen atoms in total. The van der Waals surface area contributed by atoms with E-state index < -0.39 is 17.4 Å². The van der Waals surface area contributed by atoms with Crippen molar-refractivity contribution in [3.8, 4) is 5.75 Å². The molecule has 5 heteroatoms. The number of hydrogen-bond donors (Lipinski definition) is 0. The first-order valence-corrected chi connectivity index (χ1v) is 8.34. The largest absolute Gasteiger partial charge is 0.497 e. The Morgan fingerprint density at radius 2 is 1.64 bits per heavy atom. The second kappa shape index (κ2) is 8.01. The average molecular weight is 344 g/mol. The van der Waals surface area contributed by atoms with Crippen LogP contribution in [0.2, 0.25) is 0 Å². The van der Waals surface area contributed by atoms with Gasteiger partial charge in [-0.3, -0.25) is 9.59 Å². The Hall–Kier alpha value is -2.56.